The standard InChI is InChI=1S/C39H33Cl2N7O3/c40-25-12-10-24(11-13-25)35-27-20-26(41)21-29-31(27)32(36-33(43-22-48(35)36)23-6-2-1-3-7-23)34(44-29)38(49)45-28-8-4-14-42-37(28)46-15-17-47(18-16-46)39(50)30-9-5-19-51-30/h1-4,6-8,10-14,20-22,30,35,44H,5,9,15-19H2,(H,45,49)/t30-,35+/m0/s1. The van der Waals surface area contributed by atoms with Crippen molar-refractivity contribution in [1.29, 1.82) is 0 Å². The summed E-state index contributed by atoms with van der Waals surface area (Å²) < 4.78 is 7.76. The molecule has 0 radical (unpaired) electrons. The van der Waals surface area contributed by atoms with E-state index in [0.717, 1.165) is 57.4 Å². The minimum absolute atomic E-state index is 0.0568. The minimum atomic E-state index is -0.339. The number of imidazole rings is 1. The van der Waals surface area contributed by atoms with Gasteiger partial charge in [-0.05, 0) is 60.4 Å². The Labute approximate surface area is 304 Å². The van der Waals surface area contributed by atoms with Crippen LogP contribution in [0.3, 0.4) is 0 Å². The zero-order valence-corrected chi connectivity index (χ0v) is 29.0. The fraction of sp³-hybridized carbons (Fsp3) is 0.231. The van der Waals surface area contributed by atoms with Crippen LogP contribution in [0.4, 0.5) is 11.5 Å². The molecule has 2 N–H and O–H groups in total. The zero-order valence-electron chi connectivity index (χ0n) is 27.5. The first-order valence-electron chi connectivity index (χ1n) is 17.1. The molecule has 2 fully saturated rings. The van der Waals surface area contributed by atoms with Gasteiger partial charge in [0.1, 0.15) is 11.8 Å². The van der Waals surface area contributed by atoms with Crippen molar-refractivity contribution < 1.29 is 14.3 Å². The summed E-state index contributed by atoms with van der Waals surface area (Å²) in [7, 11) is 0. The number of fused-ring (bicyclic) bond motifs is 2. The Kier molecular flexibility index (Phi) is 8.02. The number of rotatable bonds is 6. The van der Waals surface area contributed by atoms with Crippen molar-refractivity contribution in [2.75, 3.05) is 43.0 Å². The highest BCUT2D eigenvalue weighted by Crippen LogP contribution is 2.50. The average Bonchev–Trinajstić information content (AvgIpc) is 3.93. The predicted molar refractivity (Wildman–Crippen MR) is 199 cm³/mol. The number of aromatic nitrogens is 4. The molecule has 2 atom stereocenters. The predicted octanol–water partition coefficient (Wildman–Crippen LogP) is 7.43. The minimum Gasteiger partial charge on any atom is -0.368 e. The van der Waals surface area contributed by atoms with E-state index in [0.29, 0.717) is 60.0 Å². The van der Waals surface area contributed by atoms with Crippen LogP contribution in [0.1, 0.15) is 40.5 Å². The second-order valence-electron chi connectivity index (χ2n) is 13.1. The maximum atomic E-state index is 14.5. The summed E-state index contributed by atoms with van der Waals surface area (Å²) in [5, 5.41) is 5.28. The van der Waals surface area contributed by atoms with Crippen LogP contribution in [0.25, 0.3) is 33.4 Å². The van der Waals surface area contributed by atoms with Crippen LogP contribution in [-0.2, 0) is 9.53 Å². The molecule has 3 aromatic carbocycles. The first-order valence-corrected chi connectivity index (χ1v) is 17.8. The smallest absolute Gasteiger partial charge is 0.272 e. The first-order chi connectivity index (χ1) is 24.9. The monoisotopic (exact) mass is 717 g/mol. The van der Waals surface area contributed by atoms with Gasteiger partial charge in [0.15, 0.2) is 5.82 Å². The lowest BCUT2D eigenvalue weighted by Gasteiger charge is -2.37. The van der Waals surface area contributed by atoms with Gasteiger partial charge in [0, 0.05) is 71.1 Å². The molecular weight excluding hydrogens is 685 g/mol. The number of anilines is 2. The Morgan fingerprint density at radius 2 is 1.71 bits per heavy atom. The molecule has 0 spiro atoms. The van der Waals surface area contributed by atoms with E-state index in [-0.39, 0.29) is 24.0 Å². The van der Waals surface area contributed by atoms with Crippen molar-refractivity contribution in [2.24, 2.45) is 0 Å². The fourth-order valence-corrected chi connectivity index (χ4v) is 8.10. The SMILES string of the molecule is O=C(Nc1cccnc1N1CCN(C(=O)[C@@H]2CCCO2)CC1)c1[nH]c2cc(Cl)cc3c2c1-c1c(-c2ccccc2)ncn1[C@@H]3c1ccc(Cl)cc1. The number of aromatic amines is 1. The number of ether oxygens (including phenoxy) is 1. The van der Waals surface area contributed by atoms with Gasteiger partial charge in [-0.15, -0.1) is 0 Å². The van der Waals surface area contributed by atoms with Crippen molar-refractivity contribution in [2.45, 2.75) is 25.0 Å². The number of pyridine rings is 1. The molecule has 0 unspecified atom stereocenters. The summed E-state index contributed by atoms with van der Waals surface area (Å²) in [4.78, 5) is 44.6. The highest BCUT2D eigenvalue weighted by Gasteiger charge is 2.36. The molecule has 10 nitrogen and oxygen atoms in total. The zero-order chi connectivity index (χ0) is 34.6. The Morgan fingerprint density at radius 1 is 0.902 bits per heavy atom. The van der Waals surface area contributed by atoms with E-state index in [1.165, 1.54) is 0 Å². The first kappa shape index (κ1) is 31.8. The number of carbonyl (C=O) groups is 2. The lowest BCUT2D eigenvalue weighted by Crippen LogP contribution is -2.51. The number of H-pyrrole nitrogens is 1. The third kappa shape index (κ3) is 5.54. The van der Waals surface area contributed by atoms with Crippen LogP contribution in [0.2, 0.25) is 10.0 Å². The molecule has 2 amide bonds. The van der Waals surface area contributed by atoms with Crippen molar-refractivity contribution >= 4 is 57.4 Å². The summed E-state index contributed by atoms with van der Waals surface area (Å²) in [6.07, 6.45) is 4.91. The second-order valence-corrected chi connectivity index (χ2v) is 14.0. The maximum absolute atomic E-state index is 14.5. The molecule has 6 heterocycles. The number of hydrogen-bond donors (Lipinski definition) is 2. The van der Waals surface area contributed by atoms with Gasteiger partial charge in [0.2, 0.25) is 0 Å². The van der Waals surface area contributed by atoms with E-state index < -0.39 is 0 Å². The van der Waals surface area contributed by atoms with Crippen molar-refractivity contribution in [1.82, 2.24) is 24.4 Å². The largest absolute Gasteiger partial charge is 0.368 e. The Hall–Kier alpha value is -5.16. The van der Waals surface area contributed by atoms with E-state index in [1.54, 1.807) is 6.20 Å². The molecule has 3 aromatic heterocycles. The molecule has 51 heavy (non-hydrogen) atoms. The van der Waals surface area contributed by atoms with Crippen LogP contribution in [0.5, 0.6) is 0 Å². The lowest BCUT2D eigenvalue weighted by molar-refractivity contribution is -0.141. The summed E-state index contributed by atoms with van der Waals surface area (Å²) in [5.41, 5.74) is 6.97. The van der Waals surface area contributed by atoms with Gasteiger partial charge in [-0.3, -0.25) is 9.59 Å². The third-order valence-electron chi connectivity index (χ3n) is 10.1. The number of benzene rings is 3. The topological polar surface area (TPSA) is 108 Å². The van der Waals surface area contributed by atoms with Crippen LogP contribution in [-0.4, -0.2) is 75.1 Å². The normalized spacial score (nSPS) is 18.2. The van der Waals surface area contributed by atoms with Crippen molar-refractivity contribution in [3.63, 3.8) is 0 Å². The summed E-state index contributed by atoms with van der Waals surface area (Å²) in [6, 6.07) is 25.0. The van der Waals surface area contributed by atoms with Crippen molar-refractivity contribution in [3.05, 3.63) is 118 Å². The lowest BCUT2D eigenvalue weighted by atomic mass is 9.88. The number of piperazine rings is 1. The van der Waals surface area contributed by atoms with E-state index in [4.69, 9.17) is 32.9 Å². The number of hydrogen-bond acceptors (Lipinski definition) is 6. The molecule has 6 aromatic rings. The third-order valence-corrected chi connectivity index (χ3v) is 10.6. The molecule has 9 rings (SSSR count). The summed E-state index contributed by atoms with van der Waals surface area (Å²) in [5.74, 6) is 0.393. The van der Waals surface area contributed by atoms with Crippen LogP contribution >= 0.6 is 23.2 Å². The van der Waals surface area contributed by atoms with Gasteiger partial charge in [-0.2, -0.15) is 0 Å². The molecular formula is C39H33Cl2N7O3. The maximum Gasteiger partial charge on any atom is 0.272 e. The Morgan fingerprint density at radius 3 is 2.47 bits per heavy atom. The van der Waals surface area contributed by atoms with Gasteiger partial charge in [0.25, 0.3) is 11.8 Å². The number of nitrogens with zero attached hydrogens (tertiary/aromatic N) is 5. The molecule has 0 aliphatic carbocycles. The molecule has 12 heteroatoms. The highest BCUT2D eigenvalue weighted by atomic mass is 35.5. The molecule has 2 saturated heterocycles. The van der Waals surface area contributed by atoms with Gasteiger partial charge < -0.3 is 29.4 Å². The second kappa shape index (κ2) is 12.9. The average molecular weight is 719 g/mol. The van der Waals surface area contributed by atoms with E-state index >= 15 is 0 Å². The molecule has 256 valence electrons. The van der Waals surface area contributed by atoms with Gasteiger partial charge in [-0.25, -0.2) is 9.97 Å². The van der Waals surface area contributed by atoms with E-state index in [9.17, 15) is 9.59 Å². The van der Waals surface area contributed by atoms with Gasteiger partial charge in [0.05, 0.1) is 29.4 Å². The fourth-order valence-electron chi connectivity index (χ4n) is 7.74. The van der Waals surface area contributed by atoms with Crippen LogP contribution in [0.15, 0.2) is 91.4 Å². The quantitative estimate of drug-likeness (QED) is 0.185. The highest BCUT2D eigenvalue weighted by molar-refractivity contribution is 6.32. The number of amides is 2. The van der Waals surface area contributed by atoms with E-state index in [1.807, 2.05) is 90.1 Å². The molecule has 0 saturated carbocycles. The van der Waals surface area contributed by atoms with Crippen LogP contribution in [0, 0.1) is 0 Å². The Bertz CT molecular complexity index is 2290. The van der Waals surface area contributed by atoms with Crippen LogP contribution < -0.4 is 10.2 Å². The number of carbonyl (C=O) groups excluding carboxylic acids is 2. The molecule has 3 aliphatic rings. The number of nitrogens with one attached hydrogen (secondary N) is 2. The molecule has 0 bridgehead atoms. The summed E-state index contributed by atoms with van der Waals surface area (Å²) >= 11 is 13.1. The number of halogens is 2. The molecule has 3 aliphatic heterocycles. The van der Waals surface area contributed by atoms with Gasteiger partial charge in [-0.1, -0.05) is 65.7 Å². The van der Waals surface area contributed by atoms with Gasteiger partial charge >= 0.3 is 0 Å². The summed E-state index contributed by atoms with van der Waals surface area (Å²) in [6.45, 7) is 2.92. The van der Waals surface area contributed by atoms with Crippen molar-refractivity contribution in [3.8, 4) is 22.5 Å². The Balaban J connectivity index is 1.11. The van der Waals surface area contributed by atoms with E-state index in [2.05, 4.69) is 24.8 Å².